The number of nitrogens with zero attached hydrogens (tertiary/aromatic N) is 2. The van der Waals surface area contributed by atoms with Crippen molar-refractivity contribution in [2.75, 3.05) is 0 Å². The third-order valence-electron chi connectivity index (χ3n) is 4.65. The van der Waals surface area contributed by atoms with Crippen LogP contribution < -0.4 is 10.1 Å². The lowest BCUT2D eigenvalue weighted by Gasteiger charge is -2.21. The largest absolute Gasteiger partial charge is 0.490 e. The highest BCUT2D eigenvalue weighted by molar-refractivity contribution is 5.80. The Kier molecular flexibility index (Phi) is 7.88. The molecule has 0 radical (unpaired) electrons. The molecule has 0 aliphatic carbocycles. The summed E-state index contributed by atoms with van der Waals surface area (Å²) in [6.07, 6.45) is -0.231. The van der Waals surface area contributed by atoms with Crippen LogP contribution in [0.5, 0.6) is 5.75 Å². The third kappa shape index (κ3) is 7.61. The molecule has 1 heterocycles. The molecule has 0 saturated carbocycles. The average molecular weight is 468 g/mol. The molecule has 2 unspecified atom stereocenters. The van der Waals surface area contributed by atoms with Crippen LogP contribution in [-0.4, -0.2) is 45.1 Å². The van der Waals surface area contributed by atoms with Crippen LogP contribution in [0, 0.1) is 0 Å². The summed E-state index contributed by atoms with van der Waals surface area (Å²) in [5.74, 6) is -0.143. The molecule has 2 atom stereocenters. The smallest absolute Gasteiger partial charge is 0.408 e. The minimum absolute atomic E-state index is 0.00421. The van der Waals surface area contributed by atoms with E-state index in [-0.39, 0.29) is 18.4 Å². The van der Waals surface area contributed by atoms with Crippen LogP contribution >= 0.6 is 0 Å². The summed E-state index contributed by atoms with van der Waals surface area (Å²) in [6.45, 7) is 7.07. The van der Waals surface area contributed by atoms with E-state index in [0.29, 0.717) is 17.1 Å². The van der Waals surface area contributed by atoms with Gasteiger partial charge >= 0.3 is 12.1 Å². The first-order chi connectivity index (χ1) is 16.1. The Morgan fingerprint density at radius 2 is 1.74 bits per heavy atom. The fourth-order valence-electron chi connectivity index (χ4n) is 3.18. The van der Waals surface area contributed by atoms with Crippen molar-refractivity contribution in [3.8, 4) is 17.1 Å². The molecule has 9 nitrogen and oxygen atoms in total. The quantitative estimate of drug-likeness (QED) is 0.478. The van der Waals surface area contributed by atoms with Crippen LogP contribution in [0.4, 0.5) is 4.79 Å². The molecule has 0 aliphatic heterocycles. The number of carbonyl (C=O) groups is 2. The van der Waals surface area contributed by atoms with Gasteiger partial charge in [0, 0.05) is 12.0 Å². The molecule has 0 spiro atoms. The molecule has 0 aliphatic rings. The fraction of sp³-hybridized carbons (Fsp3) is 0.360. The molecule has 0 saturated heterocycles. The molecule has 2 aromatic carbocycles. The van der Waals surface area contributed by atoms with Crippen molar-refractivity contribution >= 4 is 12.1 Å². The molecule has 2 N–H and O–H groups in total. The number of alkyl carbamates (subject to hydrolysis) is 1. The van der Waals surface area contributed by atoms with Crippen molar-refractivity contribution in [2.24, 2.45) is 0 Å². The Balaban J connectivity index is 1.59. The van der Waals surface area contributed by atoms with Crippen molar-refractivity contribution in [1.82, 2.24) is 15.5 Å². The second-order valence-electron chi connectivity index (χ2n) is 8.90. The molecule has 180 valence electrons. The van der Waals surface area contributed by atoms with Gasteiger partial charge in [-0.2, -0.15) is 4.98 Å². The van der Waals surface area contributed by atoms with Gasteiger partial charge in [0.25, 0.3) is 0 Å². The van der Waals surface area contributed by atoms with Crippen LogP contribution in [0.3, 0.4) is 0 Å². The van der Waals surface area contributed by atoms with Crippen LogP contribution in [0.15, 0.2) is 59.1 Å². The standard InChI is InChI=1S/C25H29N3O6/c1-16(14-17-8-6-5-7-9-17)32-19-12-10-18(11-13-19)22-27-21(34-28-22)15-20(23(29)30)26-24(31)33-25(2,3)4/h5-13,16,20H,14-15H2,1-4H3,(H,26,31)(H,29,30). The first-order valence-corrected chi connectivity index (χ1v) is 10.9. The van der Waals surface area contributed by atoms with Gasteiger partial charge in [0.15, 0.2) is 0 Å². The van der Waals surface area contributed by atoms with Gasteiger partial charge < -0.3 is 24.4 Å². The Hall–Kier alpha value is -3.88. The lowest BCUT2D eigenvalue weighted by molar-refractivity contribution is -0.139. The van der Waals surface area contributed by atoms with Crippen molar-refractivity contribution in [3.05, 3.63) is 66.1 Å². The molecule has 0 bridgehead atoms. The van der Waals surface area contributed by atoms with Gasteiger partial charge in [0.1, 0.15) is 17.4 Å². The summed E-state index contributed by atoms with van der Waals surface area (Å²) < 4.78 is 16.3. The maximum Gasteiger partial charge on any atom is 0.408 e. The molecule has 3 rings (SSSR count). The highest BCUT2D eigenvalue weighted by atomic mass is 16.6. The van der Waals surface area contributed by atoms with Crippen molar-refractivity contribution in [2.45, 2.75) is 58.3 Å². The van der Waals surface area contributed by atoms with Crippen LogP contribution in [0.2, 0.25) is 0 Å². The number of carboxylic acids is 1. The van der Waals surface area contributed by atoms with E-state index in [4.69, 9.17) is 14.0 Å². The number of carboxylic acid groups (broad SMARTS) is 1. The van der Waals surface area contributed by atoms with Gasteiger partial charge in [-0.05, 0) is 57.5 Å². The van der Waals surface area contributed by atoms with Gasteiger partial charge in [-0.25, -0.2) is 9.59 Å². The maximum atomic E-state index is 11.9. The summed E-state index contributed by atoms with van der Waals surface area (Å²) in [5.41, 5.74) is 1.14. The van der Waals surface area contributed by atoms with Crippen LogP contribution in [0.1, 0.15) is 39.1 Å². The van der Waals surface area contributed by atoms with Crippen LogP contribution in [-0.2, 0) is 22.4 Å². The van der Waals surface area contributed by atoms with Gasteiger partial charge in [-0.3, -0.25) is 0 Å². The summed E-state index contributed by atoms with van der Waals surface area (Å²) >= 11 is 0. The monoisotopic (exact) mass is 467 g/mol. The number of aromatic nitrogens is 2. The predicted molar refractivity (Wildman–Crippen MR) is 124 cm³/mol. The lowest BCUT2D eigenvalue weighted by atomic mass is 10.1. The van der Waals surface area contributed by atoms with Gasteiger partial charge in [0.2, 0.25) is 11.7 Å². The zero-order valence-electron chi connectivity index (χ0n) is 19.6. The Morgan fingerprint density at radius 1 is 1.06 bits per heavy atom. The summed E-state index contributed by atoms with van der Waals surface area (Å²) in [5, 5.41) is 15.7. The maximum absolute atomic E-state index is 11.9. The van der Waals surface area contributed by atoms with E-state index in [1.165, 1.54) is 5.56 Å². The number of carbonyl (C=O) groups excluding carboxylic acids is 1. The highest BCUT2D eigenvalue weighted by Gasteiger charge is 2.26. The topological polar surface area (TPSA) is 124 Å². The SMILES string of the molecule is CC(Cc1ccccc1)Oc1ccc(-c2noc(CC(NC(=O)OC(C)(C)C)C(=O)O)n2)cc1. The second-order valence-corrected chi connectivity index (χ2v) is 8.90. The summed E-state index contributed by atoms with van der Waals surface area (Å²) in [6, 6.07) is 16.1. The van der Waals surface area contributed by atoms with E-state index in [9.17, 15) is 14.7 Å². The molecule has 34 heavy (non-hydrogen) atoms. The molecular formula is C25H29N3O6. The number of benzene rings is 2. The number of ether oxygens (including phenoxy) is 2. The number of amides is 1. The van der Waals surface area contributed by atoms with E-state index >= 15 is 0 Å². The van der Waals surface area contributed by atoms with Crippen molar-refractivity contribution in [1.29, 1.82) is 0 Å². The normalized spacial score (nSPS) is 13.1. The van der Waals surface area contributed by atoms with Crippen LogP contribution in [0.25, 0.3) is 11.4 Å². The molecule has 3 aromatic rings. The number of nitrogens with one attached hydrogen (secondary N) is 1. The second kappa shape index (κ2) is 10.8. The number of hydrogen-bond acceptors (Lipinski definition) is 7. The molecular weight excluding hydrogens is 438 g/mol. The van der Waals surface area contributed by atoms with Gasteiger partial charge in [-0.1, -0.05) is 35.5 Å². The summed E-state index contributed by atoms with van der Waals surface area (Å²) in [7, 11) is 0. The zero-order valence-corrected chi connectivity index (χ0v) is 19.6. The first-order valence-electron chi connectivity index (χ1n) is 10.9. The van der Waals surface area contributed by atoms with E-state index in [0.717, 1.165) is 6.42 Å². The molecule has 1 amide bonds. The third-order valence-corrected chi connectivity index (χ3v) is 4.65. The minimum Gasteiger partial charge on any atom is -0.490 e. The number of hydrogen-bond donors (Lipinski definition) is 2. The number of aliphatic carboxylic acids is 1. The lowest BCUT2D eigenvalue weighted by Crippen LogP contribution is -2.44. The van der Waals surface area contributed by atoms with Gasteiger partial charge in [-0.15, -0.1) is 0 Å². The molecule has 1 aromatic heterocycles. The van der Waals surface area contributed by atoms with E-state index in [1.54, 1.807) is 32.9 Å². The van der Waals surface area contributed by atoms with E-state index in [1.807, 2.05) is 37.3 Å². The first kappa shape index (κ1) is 24.8. The number of rotatable bonds is 9. The average Bonchev–Trinajstić information content (AvgIpc) is 3.21. The van der Waals surface area contributed by atoms with E-state index < -0.39 is 23.7 Å². The molecule has 0 fully saturated rings. The fourth-order valence-corrected chi connectivity index (χ4v) is 3.18. The molecule has 9 heteroatoms. The Morgan fingerprint density at radius 3 is 2.35 bits per heavy atom. The Labute approximate surface area is 198 Å². The van der Waals surface area contributed by atoms with E-state index in [2.05, 4.69) is 27.6 Å². The summed E-state index contributed by atoms with van der Waals surface area (Å²) in [4.78, 5) is 27.7. The van der Waals surface area contributed by atoms with Crippen molar-refractivity contribution in [3.63, 3.8) is 0 Å². The van der Waals surface area contributed by atoms with Crippen molar-refractivity contribution < 1.29 is 28.7 Å². The highest BCUT2D eigenvalue weighted by Crippen LogP contribution is 2.22. The van der Waals surface area contributed by atoms with Gasteiger partial charge in [0.05, 0.1) is 12.5 Å². The zero-order chi connectivity index (χ0) is 24.7. The minimum atomic E-state index is -1.27. The Bertz CT molecular complexity index is 1090. The predicted octanol–water partition coefficient (Wildman–Crippen LogP) is 4.27.